The third-order valence-electron chi connectivity index (χ3n) is 2.17. The molecule has 1 heterocycles. The molecule has 0 radical (unpaired) electrons. The third-order valence-corrected chi connectivity index (χ3v) is 2.64. The number of rotatable bonds is 5. The summed E-state index contributed by atoms with van der Waals surface area (Å²) in [6, 6.07) is 3.50. The number of amides is 1. The van der Waals surface area contributed by atoms with Crippen LogP contribution >= 0.6 is 15.9 Å². The first-order valence-electron chi connectivity index (χ1n) is 5.49. The van der Waals surface area contributed by atoms with Gasteiger partial charge in [-0.2, -0.15) is 0 Å². The lowest BCUT2D eigenvalue weighted by Crippen LogP contribution is -2.31. The van der Waals surface area contributed by atoms with Crippen molar-refractivity contribution in [3.63, 3.8) is 0 Å². The summed E-state index contributed by atoms with van der Waals surface area (Å²) in [6.07, 6.45) is 1.80. The lowest BCUT2D eigenvalue weighted by Gasteiger charge is -2.17. The molecule has 1 aromatic rings. The number of ether oxygens (including phenoxy) is 1. The lowest BCUT2D eigenvalue weighted by atomic mass is 10.3. The van der Waals surface area contributed by atoms with Crippen molar-refractivity contribution in [2.75, 3.05) is 20.2 Å². The van der Waals surface area contributed by atoms with Gasteiger partial charge in [0.25, 0.3) is 5.91 Å². The molecule has 0 fully saturated rings. The Balaban J connectivity index is 2.49. The highest BCUT2D eigenvalue weighted by Gasteiger charge is 2.12. The van der Waals surface area contributed by atoms with Gasteiger partial charge in [-0.05, 0) is 41.9 Å². The average molecular weight is 301 g/mol. The predicted molar refractivity (Wildman–Crippen MR) is 70.0 cm³/mol. The molecule has 94 valence electrons. The largest absolute Gasteiger partial charge is 0.377 e. The van der Waals surface area contributed by atoms with Crippen LogP contribution in [-0.4, -0.2) is 42.1 Å². The Hall–Kier alpha value is -0.940. The first kappa shape index (κ1) is 14.1. The van der Waals surface area contributed by atoms with Crippen LogP contribution in [0.25, 0.3) is 0 Å². The molecule has 0 aliphatic heterocycles. The summed E-state index contributed by atoms with van der Waals surface area (Å²) in [6.45, 7) is 5.04. The third kappa shape index (κ3) is 4.83. The van der Waals surface area contributed by atoms with Crippen molar-refractivity contribution in [1.82, 2.24) is 9.88 Å². The molecule has 4 nitrogen and oxygen atoms in total. The van der Waals surface area contributed by atoms with Gasteiger partial charge < -0.3 is 9.64 Å². The zero-order chi connectivity index (χ0) is 12.8. The fourth-order valence-corrected chi connectivity index (χ4v) is 1.46. The molecular weight excluding hydrogens is 284 g/mol. The summed E-state index contributed by atoms with van der Waals surface area (Å²) in [5.41, 5.74) is 0.445. The Morgan fingerprint density at radius 1 is 1.53 bits per heavy atom. The summed E-state index contributed by atoms with van der Waals surface area (Å²) in [4.78, 5) is 17.6. The van der Waals surface area contributed by atoms with E-state index in [2.05, 4.69) is 20.9 Å². The Morgan fingerprint density at radius 3 is 2.76 bits per heavy atom. The summed E-state index contributed by atoms with van der Waals surface area (Å²) >= 11 is 3.28. The smallest absolute Gasteiger partial charge is 0.272 e. The van der Waals surface area contributed by atoms with Gasteiger partial charge in [-0.3, -0.25) is 4.79 Å². The van der Waals surface area contributed by atoms with Gasteiger partial charge in [0, 0.05) is 24.3 Å². The minimum Gasteiger partial charge on any atom is -0.377 e. The SMILES string of the molecule is CC(C)OCCN(C)C(=O)c1ccc(Br)cn1. The average Bonchev–Trinajstić information content (AvgIpc) is 2.28. The van der Waals surface area contributed by atoms with Crippen LogP contribution in [0.1, 0.15) is 24.3 Å². The molecule has 0 aliphatic carbocycles. The van der Waals surface area contributed by atoms with Gasteiger partial charge in [0.05, 0.1) is 12.7 Å². The molecule has 0 aromatic carbocycles. The van der Waals surface area contributed by atoms with Gasteiger partial charge in [-0.25, -0.2) is 4.98 Å². The van der Waals surface area contributed by atoms with Crippen LogP contribution in [0, 0.1) is 0 Å². The molecule has 0 saturated carbocycles. The van der Waals surface area contributed by atoms with E-state index in [0.717, 1.165) is 4.47 Å². The molecule has 0 saturated heterocycles. The van der Waals surface area contributed by atoms with Gasteiger partial charge in [0.2, 0.25) is 0 Å². The Morgan fingerprint density at radius 2 is 2.24 bits per heavy atom. The van der Waals surface area contributed by atoms with Crippen molar-refractivity contribution in [2.24, 2.45) is 0 Å². The Labute approximate surface area is 110 Å². The number of halogens is 1. The maximum Gasteiger partial charge on any atom is 0.272 e. The van der Waals surface area contributed by atoms with Gasteiger partial charge >= 0.3 is 0 Å². The number of carbonyl (C=O) groups is 1. The van der Waals surface area contributed by atoms with Gasteiger partial charge in [-0.1, -0.05) is 0 Å². The van der Waals surface area contributed by atoms with Crippen molar-refractivity contribution in [3.05, 3.63) is 28.5 Å². The van der Waals surface area contributed by atoms with E-state index in [-0.39, 0.29) is 12.0 Å². The molecule has 0 spiro atoms. The summed E-state index contributed by atoms with van der Waals surface area (Å²) < 4.78 is 6.26. The first-order chi connectivity index (χ1) is 8.00. The number of nitrogens with zero attached hydrogens (tertiary/aromatic N) is 2. The van der Waals surface area contributed by atoms with Crippen LogP contribution in [0.15, 0.2) is 22.8 Å². The van der Waals surface area contributed by atoms with Crippen molar-refractivity contribution in [1.29, 1.82) is 0 Å². The number of carbonyl (C=O) groups excluding carboxylic acids is 1. The van der Waals surface area contributed by atoms with E-state index >= 15 is 0 Å². The molecule has 1 aromatic heterocycles. The second kappa shape index (κ2) is 6.71. The topological polar surface area (TPSA) is 42.4 Å². The number of likely N-dealkylation sites (N-methyl/N-ethyl adjacent to an activating group) is 1. The summed E-state index contributed by atoms with van der Waals surface area (Å²) in [7, 11) is 1.75. The van der Waals surface area contributed by atoms with Crippen molar-refractivity contribution in [2.45, 2.75) is 20.0 Å². The van der Waals surface area contributed by atoms with Gasteiger partial charge in [0.1, 0.15) is 5.69 Å². The highest BCUT2D eigenvalue weighted by atomic mass is 79.9. The fourth-order valence-electron chi connectivity index (χ4n) is 1.22. The van der Waals surface area contributed by atoms with Crippen LogP contribution in [-0.2, 0) is 4.74 Å². The van der Waals surface area contributed by atoms with Crippen LogP contribution in [0.4, 0.5) is 0 Å². The molecule has 0 bridgehead atoms. The molecule has 5 heteroatoms. The van der Waals surface area contributed by atoms with E-state index in [1.54, 1.807) is 30.3 Å². The van der Waals surface area contributed by atoms with E-state index in [0.29, 0.717) is 18.8 Å². The van der Waals surface area contributed by atoms with Crippen LogP contribution in [0.2, 0.25) is 0 Å². The normalized spacial score (nSPS) is 10.6. The molecule has 1 rings (SSSR count). The fraction of sp³-hybridized carbons (Fsp3) is 0.500. The summed E-state index contributed by atoms with van der Waals surface area (Å²) in [5, 5.41) is 0. The summed E-state index contributed by atoms with van der Waals surface area (Å²) in [5.74, 6) is -0.0927. The van der Waals surface area contributed by atoms with Crippen LogP contribution in [0.5, 0.6) is 0 Å². The second-order valence-electron chi connectivity index (χ2n) is 4.01. The van der Waals surface area contributed by atoms with Crippen LogP contribution in [0.3, 0.4) is 0 Å². The Bertz CT molecular complexity index is 365. The maximum absolute atomic E-state index is 11.9. The second-order valence-corrected chi connectivity index (χ2v) is 4.92. The quantitative estimate of drug-likeness (QED) is 0.838. The van der Waals surface area contributed by atoms with E-state index in [4.69, 9.17) is 4.74 Å². The molecule has 0 aliphatic rings. The highest BCUT2D eigenvalue weighted by Crippen LogP contribution is 2.08. The lowest BCUT2D eigenvalue weighted by molar-refractivity contribution is 0.0529. The van der Waals surface area contributed by atoms with E-state index in [1.807, 2.05) is 13.8 Å². The highest BCUT2D eigenvalue weighted by molar-refractivity contribution is 9.10. The standard InChI is InChI=1S/C12H17BrN2O2/c1-9(2)17-7-6-15(3)12(16)11-5-4-10(13)8-14-11/h4-5,8-9H,6-7H2,1-3H3. The van der Waals surface area contributed by atoms with Gasteiger partial charge in [-0.15, -0.1) is 0 Å². The first-order valence-corrected chi connectivity index (χ1v) is 6.28. The van der Waals surface area contributed by atoms with E-state index in [1.165, 1.54) is 0 Å². The maximum atomic E-state index is 11.9. The number of aromatic nitrogens is 1. The molecule has 17 heavy (non-hydrogen) atoms. The number of pyridine rings is 1. The minimum atomic E-state index is -0.0927. The Kier molecular flexibility index (Phi) is 5.58. The monoisotopic (exact) mass is 300 g/mol. The molecule has 0 N–H and O–H groups in total. The van der Waals surface area contributed by atoms with Crippen molar-refractivity contribution in [3.8, 4) is 0 Å². The number of hydrogen-bond donors (Lipinski definition) is 0. The zero-order valence-electron chi connectivity index (χ0n) is 10.3. The zero-order valence-corrected chi connectivity index (χ0v) is 11.9. The minimum absolute atomic E-state index is 0.0927. The predicted octanol–water partition coefficient (Wildman–Crippen LogP) is 2.34. The molecular formula is C12H17BrN2O2. The van der Waals surface area contributed by atoms with Crippen molar-refractivity contribution < 1.29 is 9.53 Å². The number of hydrogen-bond acceptors (Lipinski definition) is 3. The van der Waals surface area contributed by atoms with Crippen molar-refractivity contribution >= 4 is 21.8 Å². The molecule has 1 amide bonds. The molecule has 0 unspecified atom stereocenters. The molecule has 0 atom stereocenters. The van der Waals surface area contributed by atoms with Gasteiger partial charge in [0.15, 0.2) is 0 Å². The van der Waals surface area contributed by atoms with Crippen LogP contribution < -0.4 is 0 Å². The van der Waals surface area contributed by atoms with E-state index < -0.39 is 0 Å². The van der Waals surface area contributed by atoms with E-state index in [9.17, 15) is 4.79 Å².